The first kappa shape index (κ1) is 18.5. The highest BCUT2D eigenvalue weighted by atomic mass is 35.5. The molecule has 0 radical (unpaired) electrons. The first-order chi connectivity index (χ1) is 11.6. The van der Waals surface area contributed by atoms with Crippen LogP contribution in [-0.4, -0.2) is 48.4 Å². The predicted molar refractivity (Wildman–Crippen MR) is 100 cm³/mol. The third kappa shape index (κ3) is 3.37. The molecule has 25 heavy (non-hydrogen) atoms. The quantitative estimate of drug-likeness (QED) is 0.853. The molecule has 7 heteroatoms. The molecular weight excluding hydrogens is 361 g/mol. The summed E-state index contributed by atoms with van der Waals surface area (Å²) in [5.74, 6) is -0.120. The largest absolute Gasteiger partial charge is 0.335 e. The molecule has 136 valence electrons. The number of nitrogens with zero attached hydrogens (tertiary/aromatic N) is 2. The van der Waals surface area contributed by atoms with Crippen LogP contribution in [0.25, 0.3) is 0 Å². The Balaban J connectivity index is 0.00000182. The van der Waals surface area contributed by atoms with Crippen LogP contribution in [0.3, 0.4) is 0 Å². The second-order valence-corrected chi connectivity index (χ2v) is 7.39. The smallest absolute Gasteiger partial charge is 0.228 e. The number of nitrogens with one attached hydrogen (secondary N) is 1. The molecule has 5 nitrogen and oxygen atoms in total. The van der Waals surface area contributed by atoms with E-state index in [9.17, 15) is 9.59 Å². The van der Waals surface area contributed by atoms with Gasteiger partial charge in [0.05, 0.1) is 16.6 Å². The van der Waals surface area contributed by atoms with Gasteiger partial charge in [0, 0.05) is 31.6 Å². The Labute approximate surface area is 159 Å². The Morgan fingerprint density at radius 1 is 1.16 bits per heavy atom. The van der Waals surface area contributed by atoms with Gasteiger partial charge in [-0.2, -0.15) is 0 Å². The van der Waals surface area contributed by atoms with E-state index in [4.69, 9.17) is 11.6 Å². The van der Waals surface area contributed by atoms with E-state index in [-0.39, 0.29) is 42.6 Å². The minimum Gasteiger partial charge on any atom is -0.335 e. The lowest BCUT2D eigenvalue weighted by Gasteiger charge is -2.30. The van der Waals surface area contributed by atoms with Crippen LogP contribution in [0.2, 0.25) is 5.02 Å². The fourth-order valence-corrected chi connectivity index (χ4v) is 4.57. The topological polar surface area (TPSA) is 52.7 Å². The standard InChI is InChI=1S/C18H22ClN3O2.ClH/c19-15-3-1-2-4-16(15)21-11-12(9-17(21)23)18(24)22-13-5-6-14(22)10-20-8-7-13;/h1-4,12-14,20H,5-11H2;1H. The number of amides is 2. The number of anilines is 1. The zero-order valence-electron chi connectivity index (χ0n) is 14.0. The zero-order chi connectivity index (χ0) is 16.7. The first-order valence-electron chi connectivity index (χ1n) is 8.73. The molecule has 0 spiro atoms. The molecule has 2 amide bonds. The molecule has 1 aromatic rings. The maximum atomic E-state index is 13.1. The minimum atomic E-state index is -0.255. The van der Waals surface area contributed by atoms with Crippen molar-refractivity contribution in [1.29, 1.82) is 0 Å². The van der Waals surface area contributed by atoms with Crippen LogP contribution in [0, 0.1) is 5.92 Å². The second-order valence-electron chi connectivity index (χ2n) is 6.98. The lowest BCUT2D eigenvalue weighted by atomic mass is 10.1. The number of halogens is 2. The van der Waals surface area contributed by atoms with Crippen LogP contribution in [0.1, 0.15) is 25.7 Å². The van der Waals surface area contributed by atoms with Crippen molar-refractivity contribution in [3.05, 3.63) is 29.3 Å². The van der Waals surface area contributed by atoms with Gasteiger partial charge in [-0.05, 0) is 37.9 Å². The van der Waals surface area contributed by atoms with E-state index < -0.39 is 0 Å². The molecule has 3 saturated heterocycles. The van der Waals surface area contributed by atoms with Gasteiger partial charge in [-0.25, -0.2) is 0 Å². The summed E-state index contributed by atoms with van der Waals surface area (Å²) < 4.78 is 0. The van der Waals surface area contributed by atoms with Crippen molar-refractivity contribution < 1.29 is 9.59 Å². The molecule has 0 saturated carbocycles. The average molecular weight is 384 g/mol. The van der Waals surface area contributed by atoms with E-state index in [1.165, 1.54) is 0 Å². The summed E-state index contributed by atoms with van der Waals surface area (Å²) >= 11 is 6.23. The van der Waals surface area contributed by atoms with Gasteiger partial charge in [0.1, 0.15) is 0 Å². The van der Waals surface area contributed by atoms with E-state index in [2.05, 4.69) is 10.2 Å². The van der Waals surface area contributed by atoms with Gasteiger partial charge < -0.3 is 15.1 Å². The fourth-order valence-electron chi connectivity index (χ4n) is 4.33. The Morgan fingerprint density at radius 2 is 1.92 bits per heavy atom. The van der Waals surface area contributed by atoms with Crippen molar-refractivity contribution in [3.63, 3.8) is 0 Å². The van der Waals surface area contributed by atoms with Gasteiger partial charge in [-0.1, -0.05) is 23.7 Å². The van der Waals surface area contributed by atoms with E-state index in [0.29, 0.717) is 23.3 Å². The number of rotatable bonds is 2. The van der Waals surface area contributed by atoms with Crippen LogP contribution < -0.4 is 10.2 Å². The highest BCUT2D eigenvalue weighted by molar-refractivity contribution is 6.33. The summed E-state index contributed by atoms with van der Waals surface area (Å²) in [7, 11) is 0. The Morgan fingerprint density at radius 3 is 2.72 bits per heavy atom. The van der Waals surface area contributed by atoms with E-state index in [1.807, 2.05) is 18.2 Å². The summed E-state index contributed by atoms with van der Waals surface area (Å²) in [6.45, 7) is 2.28. The van der Waals surface area contributed by atoms with E-state index in [1.54, 1.807) is 11.0 Å². The number of carbonyl (C=O) groups excluding carboxylic acids is 2. The molecule has 3 fully saturated rings. The number of fused-ring (bicyclic) bond motifs is 2. The normalized spacial score (nSPS) is 28.7. The summed E-state index contributed by atoms with van der Waals surface area (Å²) in [6, 6.07) is 7.95. The SMILES string of the molecule is Cl.O=C1CC(C(=O)N2C3CCNCC2CC3)CN1c1ccccc1Cl. The van der Waals surface area contributed by atoms with Crippen molar-refractivity contribution in [2.24, 2.45) is 5.92 Å². The number of hydrogen-bond acceptors (Lipinski definition) is 3. The Hall–Kier alpha value is -1.30. The first-order valence-corrected chi connectivity index (χ1v) is 9.10. The van der Waals surface area contributed by atoms with Gasteiger partial charge in [0.15, 0.2) is 0 Å². The molecule has 0 aromatic heterocycles. The number of para-hydroxylation sites is 1. The fraction of sp³-hybridized carbons (Fsp3) is 0.556. The van der Waals surface area contributed by atoms with Gasteiger partial charge >= 0.3 is 0 Å². The molecule has 1 aromatic carbocycles. The average Bonchev–Trinajstić information content (AvgIpc) is 3.06. The number of hydrogen-bond donors (Lipinski definition) is 1. The number of benzene rings is 1. The van der Waals surface area contributed by atoms with Gasteiger partial charge in [-0.15, -0.1) is 12.4 Å². The van der Waals surface area contributed by atoms with Crippen LogP contribution in [0.5, 0.6) is 0 Å². The molecule has 2 bridgehead atoms. The van der Waals surface area contributed by atoms with Crippen molar-refractivity contribution in [2.75, 3.05) is 24.5 Å². The molecule has 3 atom stereocenters. The molecule has 1 N–H and O–H groups in total. The predicted octanol–water partition coefficient (Wildman–Crippen LogP) is 2.47. The summed E-state index contributed by atoms with van der Waals surface area (Å²) in [4.78, 5) is 29.3. The molecule has 0 aliphatic carbocycles. The van der Waals surface area contributed by atoms with Crippen molar-refractivity contribution >= 4 is 41.5 Å². The van der Waals surface area contributed by atoms with Gasteiger partial charge in [-0.3, -0.25) is 9.59 Å². The van der Waals surface area contributed by atoms with Crippen LogP contribution in [0.4, 0.5) is 5.69 Å². The van der Waals surface area contributed by atoms with Gasteiger partial charge in [0.25, 0.3) is 0 Å². The van der Waals surface area contributed by atoms with E-state index in [0.717, 1.165) is 32.4 Å². The van der Waals surface area contributed by atoms with Gasteiger partial charge in [0.2, 0.25) is 11.8 Å². The van der Waals surface area contributed by atoms with Crippen molar-refractivity contribution in [1.82, 2.24) is 10.2 Å². The van der Waals surface area contributed by atoms with Crippen LogP contribution in [0.15, 0.2) is 24.3 Å². The maximum absolute atomic E-state index is 13.1. The molecule has 3 aliphatic heterocycles. The number of carbonyl (C=O) groups is 2. The van der Waals surface area contributed by atoms with E-state index >= 15 is 0 Å². The summed E-state index contributed by atoms with van der Waals surface area (Å²) in [5.41, 5.74) is 0.708. The zero-order valence-corrected chi connectivity index (χ0v) is 15.6. The third-order valence-corrected chi connectivity index (χ3v) is 5.85. The van der Waals surface area contributed by atoms with Crippen LogP contribution >= 0.6 is 24.0 Å². The molecule has 4 rings (SSSR count). The second kappa shape index (κ2) is 7.52. The summed E-state index contributed by atoms with van der Waals surface area (Å²) in [5, 5.41) is 3.97. The lowest BCUT2D eigenvalue weighted by molar-refractivity contribution is -0.138. The lowest BCUT2D eigenvalue weighted by Crippen LogP contribution is -2.46. The maximum Gasteiger partial charge on any atom is 0.228 e. The molecule has 3 unspecified atom stereocenters. The molecule has 3 heterocycles. The third-order valence-electron chi connectivity index (χ3n) is 5.53. The minimum absolute atomic E-state index is 0. The summed E-state index contributed by atoms with van der Waals surface area (Å²) in [6.07, 6.45) is 3.45. The Bertz CT molecular complexity index is 655. The molecular formula is C18H23Cl2N3O2. The van der Waals surface area contributed by atoms with Crippen molar-refractivity contribution in [2.45, 2.75) is 37.8 Å². The molecule has 3 aliphatic rings. The monoisotopic (exact) mass is 383 g/mol. The highest BCUT2D eigenvalue weighted by Crippen LogP contribution is 2.35. The van der Waals surface area contributed by atoms with Crippen LogP contribution in [-0.2, 0) is 9.59 Å². The Kier molecular flexibility index (Phi) is 5.56. The van der Waals surface area contributed by atoms with Crippen molar-refractivity contribution in [3.8, 4) is 0 Å². The highest BCUT2D eigenvalue weighted by Gasteiger charge is 2.44.